The molecule has 0 aromatic carbocycles. The monoisotopic (exact) mass is 429 g/mol. The number of aliphatic imine (C=N–C) groups is 1. The molecule has 126 valence electrons. The Bertz CT molecular complexity index is 639. The van der Waals surface area contributed by atoms with Gasteiger partial charge in [0, 0.05) is 19.3 Å². The number of halogens is 1. The summed E-state index contributed by atoms with van der Waals surface area (Å²) in [5.74, 6) is 1.86. The third-order valence-corrected chi connectivity index (χ3v) is 3.36. The Hall–Kier alpha value is -1.64. The fourth-order valence-electron chi connectivity index (χ4n) is 1.95. The van der Waals surface area contributed by atoms with Crippen molar-refractivity contribution in [2.75, 3.05) is 7.05 Å². The van der Waals surface area contributed by atoms with E-state index >= 15 is 0 Å². The van der Waals surface area contributed by atoms with Crippen LogP contribution in [0.1, 0.15) is 42.5 Å². The van der Waals surface area contributed by atoms with Gasteiger partial charge >= 0.3 is 0 Å². The number of rotatable bonds is 5. The fraction of sp³-hybridized carbons (Fsp3) is 0.438. The molecule has 2 aromatic heterocycles. The molecule has 0 amide bonds. The van der Waals surface area contributed by atoms with Crippen LogP contribution in [0.3, 0.4) is 0 Å². The number of guanidine groups is 1. The summed E-state index contributed by atoms with van der Waals surface area (Å²) in [5.41, 5.74) is 3.12. The molecule has 0 saturated carbocycles. The highest BCUT2D eigenvalue weighted by Gasteiger charge is 2.08. The number of aromatic nitrogens is 2. The van der Waals surface area contributed by atoms with E-state index in [1.165, 1.54) is 0 Å². The molecule has 6 nitrogen and oxygen atoms in total. The van der Waals surface area contributed by atoms with Gasteiger partial charge in [-0.1, -0.05) is 25.1 Å². The summed E-state index contributed by atoms with van der Waals surface area (Å²) >= 11 is 0. The Labute approximate surface area is 154 Å². The number of nitrogens with one attached hydrogen (secondary N) is 2. The van der Waals surface area contributed by atoms with Gasteiger partial charge in [-0.3, -0.25) is 9.98 Å². The largest absolute Gasteiger partial charge is 0.359 e. The first-order valence-corrected chi connectivity index (χ1v) is 7.40. The van der Waals surface area contributed by atoms with Crippen LogP contribution >= 0.6 is 24.0 Å². The van der Waals surface area contributed by atoms with Gasteiger partial charge in [-0.2, -0.15) is 0 Å². The average Bonchev–Trinajstić information content (AvgIpc) is 2.98. The van der Waals surface area contributed by atoms with E-state index in [4.69, 9.17) is 4.52 Å². The highest BCUT2D eigenvalue weighted by Crippen LogP contribution is 2.13. The van der Waals surface area contributed by atoms with E-state index in [2.05, 4.69) is 39.6 Å². The lowest BCUT2D eigenvalue weighted by atomic mass is 10.1. The number of hydrogen-bond acceptors (Lipinski definition) is 4. The van der Waals surface area contributed by atoms with Crippen LogP contribution in [0.2, 0.25) is 0 Å². The fourth-order valence-corrected chi connectivity index (χ4v) is 1.95. The van der Waals surface area contributed by atoms with Crippen molar-refractivity contribution in [1.29, 1.82) is 0 Å². The lowest BCUT2D eigenvalue weighted by molar-refractivity contribution is 0.372. The minimum absolute atomic E-state index is 0. The number of aryl methyl sites for hydroxylation is 1. The Morgan fingerprint density at radius 1 is 1.30 bits per heavy atom. The quantitative estimate of drug-likeness (QED) is 0.434. The van der Waals surface area contributed by atoms with Crippen LogP contribution in [0, 0.1) is 6.92 Å². The first-order valence-electron chi connectivity index (χ1n) is 7.40. The lowest BCUT2D eigenvalue weighted by Gasteiger charge is -2.11. The molecule has 0 saturated heterocycles. The van der Waals surface area contributed by atoms with E-state index in [1.54, 1.807) is 13.2 Å². The average molecular weight is 429 g/mol. The predicted octanol–water partition coefficient (Wildman–Crippen LogP) is 2.98. The maximum absolute atomic E-state index is 5.30. The molecular formula is C16H24IN5O. The Balaban J connectivity index is 0.00000264. The second kappa shape index (κ2) is 9.49. The van der Waals surface area contributed by atoms with Crippen molar-refractivity contribution >= 4 is 29.9 Å². The van der Waals surface area contributed by atoms with E-state index in [0.717, 1.165) is 22.7 Å². The Morgan fingerprint density at radius 3 is 2.65 bits per heavy atom. The van der Waals surface area contributed by atoms with Crippen molar-refractivity contribution in [1.82, 2.24) is 20.8 Å². The topological polar surface area (TPSA) is 75.3 Å². The zero-order valence-electron chi connectivity index (χ0n) is 14.0. The number of nitrogens with zero attached hydrogens (tertiary/aromatic N) is 3. The van der Waals surface area contributed by atoms with E-state index in [9.17, 15) is 0 Å². The third-order valence-electron chi connectivity index (χ3n) is 3.36. The second-order valence-corrected chi connectivity index (χ2v) is 5.42. The molecule has 0 aliphatic carbocycles. The molecule has 0 aliphatic rings. The number of pyridine rings is 1. The molecule has 0 atom stereocenters. The molecule has 2 aromatic rings. The number of hydrogen-bond donors (Lipinski definition) is 2. The summed E-state index contributed by atoms with van der Waals surface area (Å²) in [7, 11) is 1.74. The van der Waals surface area contributed by atoms with Crippen LogP contribution in [-0.4, -0.2) is 23.1 Å². The molecule has 23 heavy (non-hydrogen) atoms. The highest BCUT2D eigenvalue weighted by molar-refractivity contribution is 14.0. The zero-order valence-corrected chi connectivity index (χ0v) is 16.3. The molecular weight excluding hydrogens is 405 g/mol. The van der Waals surface area contributed by atoms with E-state index in [1.807, 2.05) is 25.1 Å². The molecule has 0 fully saturated rings. The summed E-state index contributed by atoms with van der Waals surface area (Å²) in [6.07, 6.45) is 1.79. The Kier molecular flexibility index (Phi) is 8.01. The van der Waals surface area contributed by atoms with Gasteiger partial charge in [0.05, 0.1) is 24.5 Å². The molecule has 2 heterocycles. The van der Waals surface area contributed by atoms with Crippen LogP contribution < -0.4 is 10.6 Å². The third kappa shape index (κ3) is 5.81. The molecule has 7 heteroatoms. The minimum atomic E-state index is 0. The molecule has 0 bridgehead atoms. The van der Waals surface area contributed by atoms with Crippen molar-refractivity contribution in [2.45, 2.75) is 39.8 Å². The van der Waals surface area contributed by atoms with Gasteiger partial charge in [0.15, 0.2) is 11.7 Å². The maximum Gasteiger partial charge on any atom is 0.191 e. The van der Waals surface area contributed by atoms with Crippen molar-refractivity contribution in [3.8, 4) is 0 Å². The Morgan fingerprint density at radius 2 is 2.04 bits per heavy atom. The summed E-state index contributed by atoms with van der Waals surface area (Å²) < 4.78 is 5.30. The first kappa shape index (κ1) is 19.4. The van der Waals surface area contributed by atoms with Gasteiger partial charge in [0.1, 0.15) is 0 Å². The molecule has 2 rings (SSSR count). The SMILES string of the molecule is CN=C(NCc1cc(C(C)C)no1)NCc1ncccc1C.I. The standard InChI is InChI=1S/C16H23N5O.HI/c1-11(2)14-8-13(22-21-14)9-19-16(17-4)20-10-15-12(3)6-5-7-18-15;/h5-8,11H,9-10H2,1-4H3,(H2,17,19,20);1H. The van der Waals surface area contributed by atoms with Crippen molar-refractivity contribution < 1.29 is 4.52 Å². The van der Waals surface area contributed by atoms with E-state index in [-0.39, 0.29) is 24.0 Å². The predicted molar refractivity (Wildman–Crippen MR) is 102 cm³/mol. The summed E-state index contributed by atoms with van der Waals surface area (Å²) in [6.45, 7) is 7.39. The van der Waals surface area contributed by atoms with Gasteiger partial charge in [0.25, 0.3) is 0 Å². The van der Waals surface area contributed by atoms with Gasteiger partial charge in [-0.15, -0.1) is 24.0 Å². The molecule has 0 unspecified atom stereocenters. The van der Waals surface area contributed by atoms with Crippen LogP contribution in [0.25, 0.3) is 0 Å². The van der Waals surface area contributed by atoms with Crippen molar-refractivity contribution in [3.63, 3.8) is 0 Å². The van der Waals surface area contributed by atoms with Crippen LogP contribution in [0.15, 0.2) is 33.9 Å². The van der Waals surface area contributed by atoms with Gasteiger partial charge in [0.2, 0.25) is 0 Å². The summed E-state index contributed by atoms with van der Waals surface area (Å²) in [6, 6.07) is 5.94. The van der Waals surface area contributed by atoms with Crippen LogP contribution in [0.5, 0.6) is 0 Å². The molecule has 0 spiro atoms. The summed E-state index contributed by atoms with van der Waals surface area (Å²) in [5, 5.41) is 10.5. The molecule has 2 N–H and O–H groups in total. The first-order chi connectivity index (χ1) is 10.6. The minimum Gasteiger partial charge on any atom is -0.359 e. The molecule has 0 radical (unpaired) electrons. The van der Waals surface area contributed by atoms with Crippen LogP contribution in [-0.2, 0) is 13.1 Å². The van der Waals surface area contributed by atoms with E-state index in [0.29, 0.717) is 25.0 Å². The highest BCUT2D eigenvalue weighted by atomic mass is 127. The van der Waals surface area contributed by atoms with Gasteiger partial charge in [-0.05, 0) is 24.5 Å². The zero-order chi connectivity index (χ0) is 15.9. The normalized spacial score (nSPS) is 11.3. The van der Waals surface area contributed by atoms with Gasteiger partial charge < -0.3 is 15.2 Å². The molecule has 0 aliphatic heterocycles. The van der Waals surface area contributed by atoms with Crippen LogP contribution in [0.4, 0.5) is 0 Å². The van der Waals surface area contributed by atoms with Crippen molar-refractivity contribution in [3.05, 3.63) is 47.1 Å². The lowest BCUT2D eigenvalue weighted by Crippen LogP contribution is -2.36. The second-order valence-electron chi connectivity index (χ2n) is 5.42. The smallest absolute Gasteiger partial charge is 0.191 e. The maximum atomic E-state index is 5.30. The van der Waals surface area contributed by atoms with E-state index < -0.39 is 0 Å². The van der Waals surface area contributed by atoms with Crippen molar-refractivity contribution in [2.24, 2.45) is 4.99 Å². The summed E-state index contributed by atoms with van der Waals surface area (Å²) in [4.78, 5) is 8.55. The van der Waals surface area contributed by atoms with Gasteiger partial charge in [-0.25, -0.2) is 0 Å².